The van der Waals surface area contributed by atoms with E-state index in [1.807, 2.05) is 47.6 Å². The van der Waals surface area contributed by atoms with Crippen LogP contribution in [0, 0.1) is 21.7 Å². The summed E-state index contributed by atoms with van der Waals surface area (Å²) in [5, 5.41) is 0. The number of carbonyl (C=O) groups is 1. The van der Waals surface area contributed by atoms with Gasteiger partial charge in [0.1, 0.15) is 0 Å². The zero-order valence-electron chi connectivity index (χ0n) is 25.9. The van der Waals surface area contributed by atoms with E-state index < -0.39 is 20.3 Å². The molecule has 0 rings (SSSR count). The van der Waals surface area contributed by atoms with E-state index in [0.29, 0.717) is 10.8 Å². The molecule has 0 heterocycles. The number of rotatable bonds is 2. The number of sulfonamides is 1. The fraction of sp³-hybridized carbons (Fsp3) is 0.833. The summed E-state index contributed by atoms with van der Waals surface area (Å²) >= 11 is 0. The Morgan fingerprint density at radius 3 is 1.00 bits per heavy atom. The molecule has 1 N–H and O–H groups in total. The van der Waals surface area contributed by atoms with Gasteiger partial charge in [-0.2, -0.15) is 0 Å². The molecule has 0 aliphatic heterocycles. The average Bonchev–Trinajstić information content (AvgIpc) is 2.45. The van der Waals surface area contributed by atoms with Gasteiger partial charge in [0.25, 0.3) is 0 Å². The van der Waals surface area contributed by atoms with Gasteiger partial charge in [-0.15, -0.1) is 0 Å². The van der Waals surface area contributed by atoms with Crippen LogP contribution in [-0.4, -0.2) is 24.5 Å². The van der Waals surface area contributed by atoms with Crippen LogP contribution in [0.3, 0.4) is 0 Å². The first-order valence-electron chi connectivity index (χ1n) is 12.3. The topological polar surface area (TPSA) is 63.2 Å². The summed E-state index contributed by atoms with van der Waals surface area (Å²) in [6.07, 6.45) is 8.20. The molecule has 0 aliphatic carbocycles. The molecule has 0 aromatic rings. The fourth-order valence-corrected chi connectivity index (χ4v) is 2.74. The van der Waals surface area contributed by atoms with Crippen molar-refractivity contribution in [3.8, 4) is 0 Å². The van der Waals surface area contributed by atoms with E-state index >= 15 is 0 Å². The predicted molar refractivity (Wildman–Crippen MR) is 159 cm³/mol. The summed E-state index contributed by atoms with van der Waals surface area (Å²) in [5.41, 5.74) is 0.106. The summed E-state index contributed by atoms with van der Waals surface area (Å²) in [6, 6.07) is 0. The Hall–Kier alpha value is -0.940. The Morgan fingerprint density at radius 1 is 0.571 bits per heavy atom. The maximum absolute atomic E-state index is 11.6. The van der Waals surface area contributed by atoms with Crippen molar-refractivity contribution in [2.45, 2.75) is 142 Å². The van der Waals surface area contributed by atoms with Crippen molar-refractivity contribution in [3.63, 3.8) is 0 Å². The minimum Gasteiger partial charge on any atom is -0.294 e. The molecule has 4 nitrogen and oxygen atoms in total. The van der Waals surface area contributed by atoms with Crippen molar-refractivity contribution in [1.29, 1.82) is 0 Å². The quantitative estimate of drug-likeness (QED) is 0.293. The lowest BCUT2D eigenvalue weighted by Gasteiger charge is -2.27. The summed E-state index contributed by atoms with van der Waals surface area (Å²) in [7, 11) is -3.21. The highest BCUT2D eigenvalue weighted by molar-refractivity contribution is 7.90. The van der Waals surface area contributed by atoms with E-state index in [-0.39, 0.29) is 24.0 Å². The summed E-state index contributed by atoms with van der Waals surface area (Å²) in [5.74, 6) is 0.192. The predicted octanol–water partition coefficient (Wildman–Crippen LogP) is 8.98. The largest absolute Gasteiger partial charge is 0.294 e. The zero-order valence-corrected chi connectivity index (χ0v) is 26.8. The number of nitrogens with one attached hydrogen (secondary N) is 1. The van der Waals surface area contributed by atoms with Crippen LogP contribution in [-0.2, 0) is 14.8 Å². The first-order valence-corrected chi connectivity index (χ1v) is 13.8. The Labute approximate surface area is 221 Å². The van der Waals surface area contributed by atoms with E-state index in [2.05, 4.69) is 79.2 Å². The van der Waals surface area contributed by atoms with Crippen LogP contribution in [0.5, 0.6) is 0 Å². The highest BCUT2D eigenvalue weighted by Crippen LogP contribution is 2.22. The third kappa shape index (κ3) is 29.2. The molecule has 0 saturated carbocycles. The fourth-order valence-electron chi connectivity index (χ4n) is 1.63. The molecule has 0 saturated heterocycles. The Kier molecular flexibility index (Phi) is 16.6. The second-order valence-corrected chi connectivity index (χ2v) is 17.8. The molecule has 0 aliphatic rings. The van der Waals surface area contributed by atoms with Gasteiger partial charge in [-0.05, 0) is 63.9 Å². The van der Waals surface area contributed by atoms with Gasteiger partial charge in [0, 0.05) is 11.0 Å². The van der Waals surface area contributed by atoms with Gasteiger partial charge < -0.3 is 0 Å². The third-order valence-corrected chi connectivity index (χ3v) is 6.30. The molecule has 0 unspecified atom stereocenters. The van der Waals surface area contributed by atoms with Gasteiger partial charge in [0.15, 0.2) is 5.78 Å². The van der Waals surface area contributed by atoms with Gasteiger partial charge in [-0.1, -0.05) is 109 Å². The van der Waals surface area contributed by atoms with Crippen molar-refractivity contribution in [2.24, 2.45) is 21.7 Å². The maximum atomic E-state index is 11.6. The van der Waals surface area contributed by atoms with Gasteiger partial charge in [-0.25, -0.2) is 13.1 Å². The highest BCUT2D eigenvalue weighted by atomic mass is 32.2. The molecule has 0 aromatic heterocycles. The number of hydrogen-bond donors (Lipinski definition) is 1. The van der Waals surface area contributed by atoms with Crippen molar-refractivity contribution < 1.29 is 13.2 Å². The molecule has 0 bridgehead atoms. The molecule has 0 radical (unpaired) electrons. The minimum atomic E-state index is -3.21. The van der Waals surface area contributed by atoms with Gasteiger partial charge in [0.05, 0.1) is 4.75 Å². The molecule has 35 heavy (non-hydrogen) atoms. The van der Waals surface area contributed by atoms with Crippen molar-refractivity contribution in [2.75, 3.05) is 0 Å². The third-order valence-electron chi connectivity index (χ3n) is 3.80. The van der Waals surface area contributed by atoms with Gasteiger partial charge in [-0.3, -0.25) is 4.79 Å². The van der Waals surface area contributed by atoms with E-state index in [1.165, 1.54) is 0 Å². The second-order valence-electron chi connectivity index (χ2n) is 15.3. The lowest BCUT2D eigenvalue weighted by Crippen LogP contribution is -2.48. The SMILES string of the molecule is C.CC(C)(C)/C=C/C(=O)C(C)(C)C.CC(C)(C)/C=C/C(C)(C)C.CC(C)(C)NS(=O)(=O)C(C)(C)C. The van der Waals surface area contributed by atoms with Crippen LogP contribution in [0.4, 0.5) is 0 Å². The lowest BCUT2D eigenvalue weighted by atomic mass is 9.88. The van der Waals surface area contributed by atoms with E-state index in [0.717, 1.165) is 0 Å². The van der Waals surface area contributed by atoms with Crippen molar-refractivity contribution in [1.82, 2.24) is 4.72 Å². The molecule has 0 fully saturated rings. The first-order chi connectivity index (χ1) is 14.3. The van der Waals surface area contributed by atoms with Crippen LogP contribution >= 0.6 is 0 Å². The van der Waals surface area contributed by atoms with Crippen LogP contribution < -0.4 is 4.72 Å². The Morgan fingerprint density at radius 2 is 0.857 bits per heavy atom. The van der Waals surface area contributed by atoms with Crippen LogP contribution in [0.2, 0.25) is 0 Å². The average molecular weight is 518 g/mol. The smallest absolute Gasteiger partial charge is 0.217 e. The summed E-state index contributed by atoms with van der Waals surface area (Å²) < 4.78 is 25.0. The van der Waals surface area contributed by atoms with Crippen LogP contribution in [0.25, 0.3) is 0 Å². The van der Waals surface area contributed by atoms with Crippen LogP contribution in [0.1, 0.15) is 132 Å². The number of hydrogen-bond acceptors (Lipinski definition) is 3. The van der Waals surface area contributed by atoms with E-state index in [9.17, 15) is 13.2 Å². The van der Waals surface area contributed by atoms with E-state index in [1.54, 1.807) is 26.8 Å². The molecular weight excluding hydrogens is 454 g/mol. The van der Waals surface area contributed by atoms with Crippen molar-refractivity contribution >= 4 is 15.8 Å². The monoisotopic (exact) mass is 517 g/mol. The van der Waals surface area contributed by atoms with Crippen molar-refractivity contribution in [3.05, 3.63) is 24.3 Å². The summed E-state index contributed by atoms with van der Waals surface area (Å²) in [4.78, 5) is 11.4. The van der Waals surface area contributed by atoms with Gasteiger partial charge in [0.2, 0.25) is 10.0 Å². The number of ketones is 1. The van der Waals surface area contributed by atoms with Gasteiger partial charge >= 0.3 is 0 Å². The Bertz CT molecular complexity index is 744. The zero-order chi connectivity index (χ0) is 28.6. The number of allylic oxidation sites excluding steroid dienone is 4. The molecular formula is C30H63NO3S. The standard InChI is InChI=1S/C11H20O.C10H20.C8H19NO2S.CH4/c1-10(2,3)8-7-9(12)11(4,5)6;1-9(2,3)7-8-10(4,5)6;1-7(2,3)9-12(10,11)8(4,5)6;/h7-8H,1-6H3;7-8H,1-6H3;9H,1-6H3;1H4/b2*8-7+;;. The molecule has 0 aromatic carbocycles. The minimum absolute atomic E-state index is 0. The maximum Gasteiger partial charge on any atom is 0.217 e. The molecule has 0 atom stereocenters. The van der Waals surface area contributed by atoms with Crippen LogP contribution in [0.15, 0.2) is 24.3 Å². The first kappa shape index (κ1) is 41.2. The highest BCUT2D eigenvalue weighted by Gasteiger charge is 2.32. The molecule has 5 heteroatoms. The molecule has 0 spiro atoms. The Balaban J connectivity index is -0.000000204. The lowest BCUT2D eigenvalue weighted by molar-refractivity contribution is -0.121. The van der Waals surface area contributed by atoms with E-state index in [4.69, 9.17) is 0 Å². The normalized spacial score (nSPS) is 14.0. The second kappa shape index (κ2) is 14.1. The number of carbonyl (C=O) groups excluding carboxylic acids is 1. The molecule has 212 valence electrons. The summed E-state index contributed by atoms with van der Waals surface area (Å²) in [6.45, 7) is 35.9. The molecule has 0 amide bonds.